The molecule has 2 aromatic rings. The van der Waals surface area contributed by atoms with Crippen LogP contribution in [-0.4, -0.2) is 27.7 Å². The molecule has 0 aromatic carbocycles. The van der Waals surface area contributed by atoms with Crippen LogP contribution >= 0.6 is 0 Å². The number of anilines is 1. The maximum absolute atomic E-state index is 5.29. The quantitative estimate of drug-likeness (QED) is 0.877. The van der Waals surface area contributed by atoms with Crippen LogP contribution in [0.4, 0.5) is 5.69 Å². The first kappa shape index (κ1) is 12.4. The van der Waals surface area contributed by atoms with Crippen molar-refractivity contribution >= 4 is 5.69 Å². The Morgan fingerprint density at radius 1 is 1.50 bits per heavy atom. The fourth-order valence-corrected chi connectivity index (χ4v) is 1.84. The minimum atomic E-state index is 0.273. The summed E-state index contributed by atoms with van der Waals surface area (Å²) in [5.41, 5.74) is 1.94. The van der Waals surface area contributed by atoms with Crippen molar-refractivity contribution in [2.24, 2.45) is 0 Å². The molecule has 0 spiro atoms. The van der Waals surface area contributed by atoms with Gasteiger partial charge in [-0.1, -0.05) is 0 Å². The van der Waals surface area contributed by atoms with Crippen LogP contribution in [0, 0.1) is 6.92 Å². The molecule has 0 aliphatic carbocycles. The zero-order chi connectivity index (χ0) is 13.0. The van der Waals surface area contributed by atoms with E-state index in [-0.39, 0.29) is 6.04 Å². The highest BCUT2D eigenvalue weighted by Crippen LogP contribution is 2.24. The molecule has 0 radical (unpaired) electrons. The average molecular weight is 246 g/mol. The van der Waals surface area contributed by atoms with Crippen LogP contribution in [-0.2, 0) is 6.54 Å². The molecule has 2 rings (SSSR count). The Morgan fingerprint density at radius 3 is 3.00 bits per heavy atom. The molecular weight excluding hydrogens is 228 g/mol. The number of ether oxygens (including phenoxy) is 1. The number of methoxy groups -OCH3 is 1. The van der Waals surface area contributed by atoms with Crippen LogP contribution in [0.1, 0.15) is 12.6 Å². The van der Waals surface area contributed by atoms with Crippen molar-refractivity contribution in [3.8, 4) is 5.75 Å². The minimum absolute atomic E-state index is 0.273. The van der Waals surface area contributed by atoms with Gasteiger partial charge in [-0.15, -0.1) is 0 Å². The van der Waals surface area contributed by atoms with Crippen molar-refractivity contribution in [2.45, 2.75) is 26.4 Å². The highest BCUT2D eigenvalue weighted by Gasteiger charge is 2.08. The summed E-state index contributed by atoms with van der Waals surface area (Å²) in [5, 5.41) is 3.43. The molecule has 0 fully saturated rings. The van der Waals surface area contributed by atoms with Gasteiger partial charge in [0, 0.05) is 30.7 Å². The number of pyridine rings is 1. The molecule has 0 saturated heterocycles. The first-order chi connectivity index (χ1) is 8.69. The molecule has 0 aliphatic rings. The Hall–Kier alpha value is -2.04. The fraction of sp³-hybridized carbons (Fsp3) is 0.385. The van der Waals surface area contributed by atoms with Crippen LogP contribution in [0.25, 0.3) is 0 Å². The maximum Gasteiger partial charge on any atom is 0.160 e. The number of hydrogen-bond acceptors (Lipinski definition) is 4. The minimum Gasteiger partial charge on any atom is -0.493 e. The molecule has 1 N–H and O–H groups in total. The second-order valence-corrected chi connectivity index (χ2v) is 4.33. The SMILES string of the molecule is COc1cnc(C)cc1NC(C)Cn1ccnc1. The van der Waals surface area contributed by atoms with Gasteiger partial charge >= 0.3 is 0 Å². The van der Waals surface area contributed by atoms with E-state index in [2.05, 4.69) is 22.2 Å². The van der Waals surface area contributed by atoms with Crippen molar-refractivity contribution in [2.75, 3.05) is 12.4 Å². The van der Waals surface area contributed by atoms with Gasteiger partial charge in [-0.3, -0.25) is 4.98 Å². The van der Waals surface area contributed by atoms with Crippen molar-refractivity contribution in [1.29, 1.82) is 0 Å². The number of imidazole rings is 1. The second kappa shape index (κ2) is 5.53. The fourth-order valence-electron chi connectivity index (χ4n) is 1.84. The van der Waals surface area contributed by atoms with Crippen LogP contribution in [0.3, 0.4) is 0 Å². The van der Waals surface area contributed by atoms with Gasteiger partial charge in [0.05, 0.1) is 25.3 Å². The molecule has 2 heterocycles. The predicted octanol–water partition coefficient (Wildman–Crippen LogP) is 2.10. The van der Waals surface area contributed by atoms with Gasteiger partial charge in [-0.2, -0.15) is 0 Å². The molecule has 5 heteroatoms. The van der Waals surface area contributed by atoms with Crippen molar-refractivity contribution in [3.05, 3.63) is 36.7 Å². The summed E-state index contributed by atoms with van der Waals surface area (Å²) in [6, 6.07) is 2.26. The zero-order valence-electron chi connectivity index (χ0n) is 10.9. The third-order valence-corrected chi connectivity index (χ3v) is 2.67. The van der Waals surface area contributed by atoms with E-state index >= 15 is 0 Å². The summed E-state index contributed by atoms with van der Waals surface area (Å²) in [6.07, 6.45) is 7.28. The normalized spacial score (nSPS) is 12.2. The standard InChI is InChI=1S/C13H18N4O/c1-10-6-12(13(18-3)7-15-10)16-11(2)8-17-5-4-14-9-17/h4-7,9,11H,8H2,1-3H3,(H,15,16). The van der Waals surface area contributed by atoms with E-state index < -0.39 is 0 Å². The van der Waals surface area contributed by atoms with E-state index in [1.54, 1.807) is 19.5 Å². The van der Waals surface area contributed by atoms with Gasteiger partial charge in [0.1, 0.15) is 0 Å². The van der Waals surface area contributed by atoms with E-state index in [0.717, 1.165) is 23.7 Å². The van der Waals surface area contributed by atoms with Gasteiger partial charge in [0.2, 0.25) is 0 Å². The number of aromatic nitrogens is 3. The lowest BCUT2D eigenvalue weighted by Gasteiger charge is -2.18. The summed E-state index contributed by atoms with van der Waals surface area (Å²) in [6.45, 7) is 4.94. The molecule has 2 aromatic heterocycles. The Labute approximate surface area is 107 Å². The molecule has 0 saturated carbocycles. The van der Waals surface area contributed by atoms with Crippen molar-refractivity contribution < 1.29 is 4.74 Å². The van der Waals surface area contributed by atoms with Crippen LogP contribution in [0.5, 0.6) is 5.75 Å². The first-order valence-corrected chi connectivity index (χ1v) is 5.92. The summed E-state index contributed by atoms with van der Waals surface area (Å²) in [4.78, 5) is 8.24. The van der Waals surface area contributed by atoms with Crippen LogP contribution in [0.15, 0.2) is 31.0 Å². The lowest BCUT2D eigenvalue weighted by Crippen LogP contribution is -2.21. The largest absolute Gasteiger partial charge is 0.493 e. The maximum atomic E-state index is 5.29. The van der Waals surface area contributed by atoms with E-state index in [1.807, 2.05) is 30.1 Å². The van der Waals surface area contributed by atoms with Gasteiger partial charge in [-0.05, 0) is 19.9 Å². The molecule has 96 valence electrons. The molecule has 1 atom stereocenters. The van der Waals surface area contributed by atoms with E-state index in [1.165, 1.54) is 0 Å². The number of rotatable bonds is 5. The zero-order valence-corrected chi connectivity index (χ0v) is 10.9. The predicted molar refractivity (Wildman–Crippen MR) is 70.8 cm³/mol. The molecular formula is C13H18N4O. The number of nitrogens with zero attached hydrogens (tertiary/aromatic N) is 3. The van der Waals surface area contributed by atoms with Crippen LogP contribution < -0.4 is 10.1 Å². The smallest absolute Gasteiger partial charge is 0.160 e. The average Bonchev–Trinajstić information content (AvgIpc) is 2.82. The topological polar surface area (TPSA) is 52.0 Å². The summed E-state index contributed by atoms with van der Waals surface area (Å²) in [7, 11) is 1.65. The third-order valence-electron chi connectivity index (χ3n) is 2.67. The van der Waals surface area contributed by atoms with Gasteiger partial charge in [0.25, 0.3) is 0 Å². The Bertz CT molecular complexity index is 496. The molecule has 0 bridgehead atoms. The molecule has 5 nitrogen and oxygen atoms in total. The lowest BCUT2D eigenvalue weighted by molar-refractivity contribution is 0.413. The number of aryl methyl sites for hydroxylation is 1. The van der Waals surface area contributed by atoms with Crippen LogP contribution in [0.2, 0.25) is 0 Å². The summed E-state index contributed by atoms with van der Waals surface area (Å²) >= 11 is 0. The molecule has 0 aliphatic heterocycles. The highest BCUT2D eigenvalue weighted by molar-refractivity contribution is 5.56. The summed E-state index contributed by atoms with van der Waals surface area (Å²) < 4.78 is 7.33. The molecule has 0 amide bonds. The van der Waals surface area contributed by atoms with Crippen molar-refractivity contribution in [3.63, 3.8) is 0 Å². The van der Waals surface area contributed by atoms with Gasteiger partial charge in [-0.25, -0.2) is 4.98 Å². The van der Waals surface area contributed by atoms with E-state index in [9.17, 15) is 0 Å². The van der Waals surface area contributed by atoms with Gasteiger partial charge < -0.3 is 14.6 Å². The second-order valence-electron chi connectivity index (χ2n) is 4.33. The van der Waals surface area contributed by atoms with E-state index in [0.29, 0.717) is 0 Å². The Balaban J connectivity index is 2.06. The monoisotopic (exact) mass is 246 g/mol. The number of nitrogens with one attached hydrogen (secondary N) is 1. The summed E-state index contributed by atoms with van der Waals surface area (Å²) in [5.74, 6) is 0.762. The highest BCUT2D eigenvalue weighted by atomic mass is 16.5. The number of hydrogen-bond donors (Lipinski definition) is 1. The Morgan fingerprint density at radius 2 is 2.33 bits per heavy atom. The molecule has 1 unspecified atom stereocenters. The van der Waals surface area contributed by atoms with Gasteiger partial charge in [0.15, 0.2) is 5.75 Å². The van der Waals surface area contributed by atoms with E-state index in [4.69, 9.17) is 4.74 Å². The van der Waals surface area contributed by atoms with Crippen molar-refractivity contribution in [1.82, 2.24) is 14.5 Å². The lowest BCUT2D eigenvalue weighted by atomic mass is 10.2. The first-order valence-electron chi connectivity index (χ1n) is 5.92. The third kappa shape index (κ3) is 3.00. The molecule has 18 heavy (non-hydrogen) atoms. The Kier molecular flexibility index (Phi) is 3.82.